The van der Waals surface area contributed by atoms with Crippen molar-refractivity contribution in [3.8, 4) is 11.1 Å². The maximum absolute atomic E-state index is 13.6. The van der Waals surface area contributed by atoms with E-state index in [1.54, 1.807) is 18.2 Å². The monoisotopic (exact) mass is 272 g/mol. The zero-order valence-electron chi connectivity index (χ0n) is 8.68. The van der Waals surface area contributed by atoms with Crippen molar-refractivity contribution in [1.82, 2.24) is 0 Å². The van der Waals surface area contributed by atoms with Crippen LogP contribution in [0.15, 0.2) is 36.4 Å². The van der Waals surface area contributed by atoms with E-state index in [1.807, 2.05) is 0 Å². The quantitative estimate of drug-likeness (QED) is 0.673. The predicted molar refractivity (Wildman–Crippen MR) is 66.4 cm³/mol. The fourth-order valence-electron chi connectivity index (χ4n) is 1.55. The molecule has 2 aromatic rings. The van der Waals surface area contributed by atoms with Crippen molar-refractivity contribution < 1.29 is 8.78 Å². The minimum Gasteiger partial charge on any atom is -0.204 e. The van der Waals surface area contributed by atoms with Crippen molar-refractivity contribution >= 4 is 23.2 Å². The van der Waals surface area contributed by atoms with Gasteiger partial charge in [0.25, 0.3) is 0 Å². The van der Waals surface area contributed by atoms with Crippen molar-refractivity contribution in [3.05, 3.63) is 58.6 Å². The average Bonchev–Trinajstić information content (AvgIpc) is 2.32. The van der Waals surface area contributed by atoms with Crippen LogP contribution < -0.4 is 0 Å². The van der Waals surface area contributed by atoms with Crippen LogP contribution in [0, 0.1) is 11.6 Å². The van der Waals surface area contributed by atoms with Crippen molar-refractivity contribution in [2.45, 2.75) is 5.88 Å². The van der Waals surface area contributed by atoms with E-state index < -0.39 is 11.6 Å². The van der Waals surface area contributed by atoms with E-state index >= 15 is 0 Å². The lowest BCUT2D eigenvalue weighted by Crippen LogP contribution is -1.90. The van der Waals surface area contributed by atoms with E-state index in [2.05, 4.69) is 0 Å². The minimum absolute atomic E-state index is 0.188. The predicted octanol–water partition coefficient (Wildman–Crippen LogP) is 5.02. The lowest BCUT2D eigenvalue weighted by Gasteiger charge is -2.06. The molecule has 0 fully saturated rings. The number of halogens is 4. The summed E-state index contributed by atoms with van der Waals surface area (Å²) in [6.45, 7) is 0. The first kappa shape index (κ1) is 12.3. The highest BCUT2D eigenvalue weighted by atomic mass is 35.5. The third-order valence-electron chi connectivity index (χ3n) is 2.46. The Balaban J connectivity index is 2.54. The molecule has 0 spiro atoms. The van der Waals surface area contributed by atoms with Crippen LogP contribution in [0.25, 0.3) is 11.1 Å². The summed E-state index contributed by atoms with van der Waals surface area (Å²) in [7, 11) is 0. The Morgan fingerprint density at radius 2 is 1.82 bits per heavy atom. The van der Waals surface area contributed by atoms with Crippen LogP contribution >= 0.6 is 23.2 Å². The zero-order valence-corrected chi connectivity index (χ0v) is 10.2. The van der Waals surface area contributed by atoms with Gasteiger partial charge in [-0.25, -0.2) is 8.78 Å². The second kappa shape index (κ2) is 5.03. The van der Waals surface area contributed by atoms with E-state index in [-0.39, 0.29) is 11.4 Å². The Morgan fingerprint density at radius 3 is 2.47 bits per heavy atom. The molecule has 0 amide bonds. The van der Waals surface area contributed by atoms with Gasteiger partial charge in [0.1, 0.15) is 0 Å². The number of rotatable bonds is 2. The Bertz CT molecular complexity index is 553. The standard InChI is InChI=1S/C13H8Cl2F2/c14-7-9-5-4-8(6-11(9)15)10-2-1-3-12(16)13(10)17/h1-6H,7H2. The van der Waals surface area contributed by atoms with Gasteiger partial charge in [-0.2, -0.15) is 0 Å². The number of alkyl halides is 1. The molecule has 4 heteroatoms. The van der Waals surface area contributed by atoms with Gasteiger partial charge in [-0.15, -0.1) is 11.6 Å². The number of benzene rings is 2. The zero-order chi connectivity index (χ0) is 12.4. The van der Waals surface area contributed by atoms with E-state index in [1.165, 1.54) is 12.1 Å². The summed E-state index contributed by atoms with van der Waals surface area (Å²) < 4.78 is 26.6. The van der Waals surface area contributed by atoms with Crippen molar-refractivity contribution in [2.24, 2.45) is 0 Å². The highest BCUT2D eigenvalue weighted by Crippen LogP contribution is 2.29. The maximum atomic E-state index is 13.6. The molecule has 0 aromatic heterocycles. The van der Waals surface area contributed by atoms with Gasteiger partial charge in [-0.05, 0) is 23.3 Å². The Labute approximate surface area is 108 Å². The van der Waals surface area contributed by atoms with Gasteiger partial charge in [-0.1, -0.05) is 35.9 Å². The molecular formula is C13H8Cl2F2. The molecule has 0 aliphatic rings. The molecule has 0 aliphatic carbocycles. The molecule has 88 valence electrons. The fraction of sp³-hybridized carbons (Fsp3) is 0.0769. The number of hydrogen-bond acceptors (Lipinski definition) is 0. The van der Waals surface area contributed by atoms with Crippen LogP contribution in [0.1, 0.15) is 5.56 Å². The molecule has 0 atom stereocenters. The SMILES string of the molecule is Fc1cccc(-c2ccc(CCl)c(Cl)c2)c1F. The van der Waals surface area contributed by atoms with Crippen LogP contribution in [0.3, 0.4) is 0 Å². The van der Waals surface area contributed by atoms with Crippen molar-refractivity contribution in [2.75, 3.05) is 0 Å². The molecule has 2 aromatic carbocycles. The Morgan fingerprint density at radius 1 is 1.06 bits per heavy atom. The normalized spacial score (nSPS) is 10.6. The molecule has 0 N–H and O–H groups in total. The molecule has 0 aliphatic heterocycles. The van der Waals surface area contributed by atoms with E-state index in [0.717, 1.165) is 11.6 Å². The topological polar surface area (TPSA) is 0 Å². The lowest BCUT2D eigenvalue weighted by molar-refractivity contribution is 0.511. The lowest BCUT2D eigenvalue weighted by atomic mass is 10.0. The molecule has 17 heavy (non-hydrogen) atoms. The summed E-state index contributed by atoms with van der Waals surface area (Å²) in [6, 6.07) is 8.99. The summed E-state index contributed by atoms with van der Waals surface area (Å²) in [6.07, 6.45) is 0. The van der Waals surface area contributed by atoms with E-state index in [9.17, 15) is 8.78 Å². The van der Waals surface area contributed by atoms with Crippen LogP contribution in [0.4, 0.5) is 8.78 Å². The van der Waals surface area contributed by atoms with Gasteiger partial charge < -0.3 is 0 Å². The molecule has 0 saturated carbocycles. The largest absolute Gasteiger partial charge is 0.204 e. The van der Waals surface area contributed by atoms with Gasteiger partial charge in [0.15, 0.2) is 11.6 Å². The average molecular weight is 273 g/mol. The molecule has 2 rings (SSSR count). The summed E-state index contributed by atoms with van der Waals surface area (Å²) in [5, 5.41) is 0.446. The van der Waals surface area contributed by atoms with Gasteiger partial charge >= 0.3 is 0 Å². The molecule has 0 heterocycles. The smallest absolute Gasteiger partial charge is 0.166 e. The summed E-state index contributed by atoms with van der Waals surface area (Å²) >= 11 is 11.6. The summed E-state index contributed by atoms with van der Waals surface area (Å²) in [5.74, 6) is -1.47. The highest BCUT2D eigenvalue weighted by molar-refractivity contribution is 6.32. The van der Waals surface area contributed by atoms with E-state index in [0.29, 0.717) is 10.6 Å². The maximum Gasteiger partial charge on any atom is 0.166 e. The molecule has 0 saturated heterocycles. The molecule has 0 nitrogen and oxygen atoms in total. The second-order valence-corrected chi connectivity index (χ2v) is 4.22. The number of hydrogen-bond donors (Lipinski definition) is 0. The van der Waals surface area contributed by atoms with Crippen LogP contribution in [0.5, 0.6) is 0 Å². The Hall–Kier alpha value is -1.12. The third kappa shape index (κ3) is 2.43. The molecule has 0 radical (unpaired) electrons. The first-order valence-corrected chi connectivity index (χ1v) is 5.83. The van der Waals surface area contributed by atoms with E-state index in [4.69, 9.17) is 23.2 Å². The van der Waals surface area contributed by atoms with Crippen LogP contribution in [-0.4, -0.2) is 0 Å². The van der Waals surface area contributed by atoms with Gasteiger partial charge in [-0.3, -0.25) is 0 Å². The first-order valence-electron chi connectivity index (χ1n) is 4.92. The third-order valence-corrected chi connectivity index (χ3v) is 3.10. The van der Waals surface area contributed by atoms with Gasteiger partial charge in [0, 0.05) is 16.5 Å². The minimum atomic E-state index is -0.875. The van der Waals surface area contributed by atoms with Crippen LogP contribution in [0.2, 0.25) is 5.02 Å². The highest BCUT2D eigenvalue weighted by Gasteiger charge is 2.10. The molecule has 0 unspecified atom stereocenters. The molecular weight excluding hydrogens is 265 g/mol. The summed E-state index contributed by atoms with van der Waals surface area (Å²) in [4.78, 5) is 0. The van der Waals surface area contributed by atoms with Crippen molar-refractivity contribution in [1.29, 1.82) is 0 Å². The molecule has 0 bridgehead atoms. The fourth-order valence-corrected chi connectivity index (χ4v) is 2.10. The van der Waals surface area contributed by atoms with Crippen molar-refractivity contribution in [3.63, 3.8) is 0 Å². The van der Waals surface area contributed by atoms with Gasteiger partial charge in [0.05, 0.1) is 0 Å². The second-order valence-electron chi connectivity index (χ2n) is 3.54. The van der Waals surface area contributed by atoms with Gasteiger partial charge in [0.2, 0.25) is 0 Å². The van der Waals surface area contributed by atoms with Crippen LogP contribution in [-0.2, 0) is 5.88 Å². The Kier molecular flexibility index (Phi) is 3.65. The summed E-state index contributed by atoms with van der Waals surface area (Å²) in [5.41, 5.74) is 1.47. The first-order chi connectivity index (χ1) is 8.13.